The van der Waals surface area contributed by atoms with E-state index in [0.29, 0.717) is 6.61 Å². The van der Waals surface area contributed by atoms with Gasteiger partial charge >= 0.3 is 0 Å². The lowest BCUT2D eigenvalue weighted by molar-refractivity contribution is -0.122. The molecule has 0 saturated heterocycles. The predicted octanol–water partition coefficient (Wildman–Crippen LogP) is 1.36. The molecule has 0 aliphatic carbocycles. The average molecular weight is 234 g/mol. The van der Waals surface area contributed by atoms with Gasteiger partial charge in [0.15, 0.2) is 0 Å². The van der Waals surface area contributed by atoms with E-state index in [1.54, 1.807) is 6.92 Å². The van der Waals surface area contributed by atoms with E-state index in [1.165, 1.54) is 0 Å². The van der Waals surface area contributed by atoms with Gasteiger partial charge in [0, 0.05) is 5.56 Å². The minimum atomic E-state index is -0.480. The number of carbonyl (C=O) groups is 1. The number of para-hydroxylation sites is 1. The van der Waals surface area contributed by atoms with Gasteiger partial charge in [-0.2, -0.15) is 0 Å². The van der Waals surface area contributed by atoms with Crippen LogP contribution in [0.15, 0.2) is 24.3 Å². The van der Waals surface area contributed by atoms with Gasteiger partial charge < -0.3 is 15.8 Å². The predicted molar refractivity (Wildman–Crippen MR) is 65.7 cm³/mol. The summed E-state index contributed by atoms with van der Waals surface area (Å²) in [6.07, 6.45) is 1.81. The van der Waals surface area contributed by atoms with E-state index in [4.69, 9.17) is 10.5 Å². The third kappa shape index (κ3) is 2.77. The molecular weight excluding hydrogens is 216 g/mol. The number of amides is 1. The summed E-state index contributed by atoms with van der Waals surface area (Å²) in [5.74, 6) is 0.742. The van der Waals surface area contributed by atoms with Gasteiger partial charge in [-0.15, -0.1) is 0 Å². The molecule has 0 aromatic heterocycles. The molecule has 92 valence electrons. The van der Waals surface area contributed by atoms with Crippen LogP contribution in [0.1, 0.15) is 31.4 Å². The van der Waals surface area contributed by atoms with E-state index < -0.39 is 6.04 Å². The van der Waals surface area contributed by atoms with E-state index in [9.17, 15) is 4.79 Å². The van der Waals surface area contributed by atoms with Crippen molar-refractivity contribution in [1.82, 2.24) is 5.32 Å². The highest BCUT2D eigenvalue weighted by Gasteiger charge is 2.21. The van der Waals surface area contributed by atoms with Gasteiger partial charge in [0.05, 0.1) is 18.7 Å². The summed E-state index contributed by atoms with van der Waals surface area (Å²) in [6.45, 7) is 2.38. The molecule has 0 bridgehead atoms. The van der Waals surface area contributed by atoms with Crippen LogP contribution < -0.4 is 15.8 Å². The summed E-state index contributed by atoms with van der Waals surface area (Å²) >= 11 is 0. The molecule has 17 heavy (non-hydrogen) atoms. The Balaban J connectivity index is 2.20. The smallest absolute Gasteiger partial charge is 0.237 e. The van der Waals surface area contributed by atoms with Gasteiger partial charge in [-0.3, -0.25) is 4.79 Å². The van der Waals surface area contributed by atoms with Gasteiger partial charge in [0.1, 0.15) is 5.75 Å². The fourth-order valence-electron chi connectivity index (χ4n) is 1.98. The molecular formula is C13H18N2O2. The molecule has 1 aliphatic rings. The molecule has 0 fully saturated rings. The van der Waals surface area contributed by atoms with Crippen LogP contribution in [0.25, 0.3) is 0 Å². The Labute approximate surface area is 101 Å². The molecule has 0 radical (unpaired) electrons. The van der Waals surface area contributed by atoms with E-state index in [2.05, 4.69) is 5.32 Å². The molecule has 1 aromatic rings. The van der Waals surface area contributed by atoms with Crippen LogP contribution in [0.2, 0.25) is 0 Å². The van der Waals surface area contributed by atoms with Crippen LogP contribution in [-0.2, 0) is 4.79 Å². The highest BCUT2D eigenvalue weighted by molar-refractivity contribution is 5.81. The van der Waals surface area contributed by atoms with Crippen LogP contribution in [0.3, 0.4) is 0 Å². The fraction of sp³-hybridized carbons (Fsp3) is 0.462. The van der Waals surface area contributed by atoms with Crippen LogP contribution in [0.5, 0.6) is 5.75 Å². The number of rotatable bonds is 2. The first-order valence-electron chi connectivity index (χ1n) is 5.96. The normalized spacial score (nSPS) is 20.7. The molecule has 1 heterocycles. The zero-order valence-corrected chi connectivity index (χ0v) is 9.98. The van der Waals surface area contributed by atoms with Crippen molar-refractivity contribution in [2.75, 3.05) is 6.61 Å². The van der Waals surface area contributed by atoms with Gasteiger partial charge in [-0.25, -0.2) is 0 Å². The van der Waals surface area contributed by atoms with Crippen molar-refractivity contribution in [1.29, 1.82) is 0 Å². The Morgan fingerprint density at radius 1 is 1.53 bits per heavy atom. The van der Waals surface area contributed by atoms with Gasteiger partial charge in [0.25, 0.3) is 0 Å². The molecule has 0 saturated carbocycles. The highest BCUT2D eigenvalue weighted by atomic mass is 16.5. The zero-order chi connectivity index (χ0) is 12.3. The average Bonchev–Trinajstić information content (AvgIpc) is 2.52. The number of fused-ring (bicyclic) bond motifs is 1. The maximum absolute atomic E-state index is 11.7. The van der Waals surface area contributed by atoms with Crippen molar-refractivity contribution >= 4 is 5.91 Å². The monoisotopic (exact) mass is 234 g/mol. The number of benzene rings is 1. The zero-order valence-electron chi connectivity index (χ0n) is 9.98. The van der Waals surface area contributed by atoms with Crippen LogP contribution >= 0.6 is 0 Å². The standard InChI is InChI=1S/C13H18N2O2/c1-9(14)13(16)15-11-6-4-8-17-12-7-3-2-5-10(11)12/h2-3,5,7,9,11H,4,6,8,14H2,1H3,(H,15,16)/t9-,11?/m1/s1. The molecule has 4 nitrogen and oxygen atoms in total. The largest absolute Gasteiger partial charge is 0.493 e. The Kier molecular flexibility index (Phi) is 3.64. The lowest BCUT2D eigenvalue weighted by Gasteiger charge is -2.19. The molecule has 2 atom stereocenters. The highest BCUT2D eigenvalue weighted by Crippen LogP contribution is 2.30. The molecule has 1 aromatic carbocycles. The topological polar surface area (TPSA) is 64.4 Å². The fourth-order valence-corrected chi connectivity index (χ4v) is 1.98. The number of nitrogens with one attached hydrogen (secondary N) is 1. The number of ether oxygens (including phenoxy) is 1. The number of hydrogen-bond acceptors (Lipinski definition) is 3. The second-order valence-electron chi connectivity index (χ2n) is 4.38. The molecule has 2 rings (SSSR count). The van der Waals surface area contributed by atoms with E-state index in [-0.39, 0.29) is 11.9 Å². The summed E-state index contributed by atoms with van der Waals surface area (Å²) < 4.78 is 5.64. The summed E-state index contributed by atoms with van der Waals surface area (Å²) in [5, 5.41) is 2.97. The van der Waals surface area contributed by atoms with Crippen molar-refractivity contribution < 1.29 is 9.53 Å². The van der Waals surface area contributed by atoms with Crippen molar-refractivity contribution in [3.63, 3.8) is 0 Å². The molecule has 4 heteroatoms. The van der Waals surface area contributed by atoms with Gasteiger partial charge in [0.2, 0.25) is 5.91 Å². The first-order chi connectivity index (χ1) is 8.18. The Hall–Kier alpha value is -1.55. The van der Waals surface area contributed by atoms with Crippen LogP contribution in [-0.4, -0.2) is 18.6 Å². The van der Waals surface area contributed by atoms with E-state index in [1.807, 2.05) is 24.3 Å². The lowest BCUT2D eigenvalue weighted by Crippen LogP contribution is -2.40. The van der Waals surface area contributed by atoms with Crippen molar-refractivity contribution in [2.45, 2.75) is 31.8 Å². The van der Waals surface area contributed by atoms with Crippen molar-refractivity contribution in [2.24, 2.45) is 5.73 Å². The summed E-state index contributed by atoms with van der Waals surface area (Å²) in [6, 6.07) is 7.35. The van der Waals surface area contributed by atoms with Gasteiger partial charge in [-0.1, -0.05) is 18.2 Å². The number of carbonyl (C=O) groups excluding carboxylic acids is 1. The van der Waals surface area contributed by atoms with Crippen LogP contribution in [0, 0.1) is 0 Å². The summed E-state index contributed by atoms with van der Waals surface area (Å²) in [5.41, 5.74) is 6.61. The maximum atomic E-state index is 11.7. The SMILES string of the molecule is C[C@@H](N)C(=O)NC1CCCOc2ccccc21. The third-order valence-electron chi connectivity index (χ3n) is 2.92. The third-order valence-corrected chi connectivity index (χ3v) is 2.92. The Morgan fingerprint density at radius 2 is 2.29 bits per heavy atom. The lowest BCUT2D eigenvalue weighted by atomic mass is 10.0. The first kappa shape index (κ1) is 11.9. The first-order valence-corrected chi connectivity index (χ1v) is 5.96. The number of hydrogen-bond donors (Lipinski definition) is 2. The summed E-state index contributed by atoms with van der Waals surface area (Å²) in [4.78, 5) is 11.7. The summed E-state index contributed by atoms with van der Waals surface area (Å²) in [7, 11) is 0. The maximum Gasteiger partial charge on any atom is 0.237 e. The minimum Gasteiger partial charge on any atom is -0.493 e. The van der Waals surface area contributed by atoms with Crippen molar-refractivity contribution in [3.8, 4) is 5.75 Å². The second kappa shape index (κ2) is 5.19. The van der Waals surface area contributed by atoms with E-state index in [0.717, 1.165) is 24.2 Å². The van der Waals surface area contributed by atoms with Gasteiger partial charge in [-0.05, 0) is 25.8 Å². The van der Waals surface area contributed by atoms with Crippen molar-refractivity contribution in [3.05, 3.63) is 29.8 Å². The van der Waals surface area contributed by atoms with E-state index >= 15 is 0 Å². The molecule has 3 N–H and O–H groups in total. The number of nitrogens with two attached hydrogens (primary N) is 1. The second-order valence-corrected chi connectivity index (χ2v) is 4.38. The molecule has 1 aliphatic heterocycles. The Bertz CT molecular complexity index is 404. The molecule has 1 unspecified atom stereocenters. The Morgan fingerprint density at radius 3 is 3.06 bits per heavy atom. The molecule has 0 spiro atoms. The molecule has 1 amide bonds. The quantitative estimate of drug-likeness (QED) is 0.812. The van der Waals surface area contributed by atoms with Crippen LogP contribution in [0.4, 0.5) is 0 Å². The minimum absolute atomic E-state index is 0.00667.